The molecule has 0 aromatic heterocycles. The highest BCUT2D eigenvalue weighted by molar-refractivity contribution is 6.19. The van der Waals surface area contributed by atoms with Crippen LogP contribution in [0.4, 0.5) is 0 Å². The van der Waals surface area contributed by atoms with Crippen molar-refractivity contribution in [3.8, 4) is 5.75 Å². The second-order valence-electron chi connectivity index (χ2n) is 2.12. The van der Waals surface area contributed by atoms with Gasteiger partial charge in [-0.25, -0.2) is 5.90 Å². The van der Waals surface area contributed by atoms with Gasteiger partial charge in [0.1, 0.15) is 12.0 Å². The van der Waals surface area contributed by atoms with Gasteiger partial charge in [0.15, 0.2) is 0 Å². The summed E-state index contributed by atoms with van der Waals surface area (Å²) < 4.78 is 9.20. The van der Waals surface area contributed by atoms with Gasteiger partial charge in [0.2, 0.25) is 0 Å². The van der Waals surface area contributed by atoms with Crippen molar-refractivity contribution in [1.82, 2.24) is 0 Å². The predicted octanol–water partition coefficient (Wildman–Crippen LogP) is 0.0347. The van der Waals surface area contributed by atoms with E-state index in [1.54, 1.807) is 24.3 Å². The standard InChI is InChI=1S/C7H8BNO3/c9-12-8-11-7-3-1-6(5-10)2-4-7/h1-5,8H,9H2. The summed E-state index contributed by atoms with van der Waals surface area (Å²) in [5, 5.41) is 0. The molecule has 0 radical (unpaired) electrons. The fraction of sp³-hybridized carbons (Fsp3) is 0. The van der Waals surface area contributed by atoms with Gasteiger partial charge in [0.05, 0.1) is 0 Å². The average Bonchev–Trinajstić information content (AvgIpc) is 2.15. The molecule has 1 rings (SSSR count). The third-order valence-corrected chi connectivity index (χ3v) is 1.31. The van der Waals surface area contributed by atoms with E-state index in [9.17, 15) is 4.79 Å². The Morgan fingerprint density at radius 1 is 1.33 bits per heavy atom. The molecule has 0 spiro atoms. The highest BCUT2D eigenvalue weighted by Gasteiger charge is 1.94. The van der Waals surface area contributed by atoms with Crippen molar-refractivity contribution >= 4 is 14.0 Å². The summed E-state index contributed by atoms with van der Waals surface area (Å²) in [5.41, 5.74) is 0.607. The first-order valence-corrected chi connectivity index (χ1v) is 3.36. The second-order valence-corrected chi connectivity index (χ2v) is 2.12. The average molecular weight is 165 g/mol. The molecule has 0 fully saturated rings. The van der Waals surface area contributed by atoms with Crippen LogP contribution in [0.15, 0.2) is 24.3 Å². The second kappa shape index (κ2) is 4.53. The zero-order chi connectivity index (χ0) is 8.81. The van der Waals surface area contributed by atoms with Gasteiger partial charge in [-0.1, -0.05) is 0 Å². The molecule has 0 saturated heterocycles. The molecule has 4 nitrogen and oxygen atoms in total. The summed E-state index contributed by atoms with van der Waals surface area (Å²) in [5.74, 6) is 5.37. The predicted molar refractivity (Wildman–Crippen MR) is 44.9 cm³/mol. The summed E-state index contributed by atoms with van der Waals surface area (Å²) in [6, 6.07) is 6.64. The Hall–Kier alpha value is -1.33. The van der Waals surface area contributed by atoms with Gasteiger partial charge >= 0.3 is 7.69 Å². The Morgan fingerprint density at radius 3 is 2.50 bits per heavy atom. The van der Waals surface area contributed by atoms with Gasteiger partial charge in [-0.15, -0.1) is 0 Å². The van der Waals surface area contributed by atoms with Crippen molar-refractivity contribution < 1.29 is 14.2 Å². The molecule has 0 aliphatic carbocycles. The number of carbonyl (C=O) groups is 1. The maximum Gasteiger partial charge on any atom is 0.523 e. The van der Waals surface area contributed by atoms with E-state index in [2.05, 4.69) is 4.76 Å². The van der Waals surface area contributed by atoms with Gasteiger partial charge in [0, 0.05) is 5.56 Å². The lowest BCUT2D eigenvalue weighted by Gasteiger charge is -2.01. The summed E-state index contributed by atoms with van der Waals surface area (Å²) in [6.45, 7) is 0. The Morgan fingerprint density at radius 2 is 2.00 bits per heavy atom. The van der Waals surface area contributed by atoms with E-state index in [4.69, 9.17) is 10.6 Å². The summed E-state index contributed by atoms with van der Waals surface area (Å²) in [6.07, 6.45) is 0.767. The van der Waals surface area contributed by atoms with Crippen LogP contribution in [0.25, 0.3) is 0 Å². The highest BCUT2D eigenvalue weighted by Crippen LogP contribution is 2.09. The third kappa shape index (κ3) is 2.37. The summed E-state index contributed by atoms with van der Waals surface area (Å²) >= 11 is 0. The molecular weight excluding hydrogens is 157 g/mol. The van der Waals surface area contributed by atoms with Crippen LogP contribution >= 0.6 is 0 Å². The van der Waals surface area contributed by atoms with Crippen LogP contribution in [-0.4, -0.2) is 14.0 Å². The lowest BCUT2D eigenvalue weighted by Crippen LogP contribution is -2.11. The van der Waals surface area contributed by atoms with Gasteiger partial charge in [-0.05, 0) is 24.3 Å². The fourth-order valence-corrected chi connectivity index (χ4v) is 0.745. The highest BCUT2D eigenvalue weighted by atomic mass is 16.7. The van der Waals surface area contributed by atoms with E-state index >= 15 is 0 Å². The van der Waals surface area contributed by atoms with Gasteiger partial charge in [-0.2, -0.15) is 0 Å². The molecule has 62 valence electrons. The minimum Gasteiger partial charge on any atom is -0.538 e. The van der Waals surface area contributed by atoms with E-state index in [0.29, 0.717) is 11.3 Å². The van der Waals surface area contributed by atoms with Gasteiger partial charge in [0.25, 0.3) is 0 Å². The maximum absolute atomic E-state index is 10.2. The van der Waals surface area contributed by atoms with E-state index in [-0.39, 0.29) is 7.69 Å². The third-order valence-electron chi connectivity index (χ3n) is 1.31. The van der Waals surface area contributed by atoms with Crippen molar-refractivity contribution in [2.75, 3.05) is 0 Å². The van der Waals surface area contributed by atoms with Crippen molar-refractivity contribution in [2.24, 2.45) is 5.90 Å². The molecule has 5 heteroatoms. The van der Waals surface area contributed by atoms with Crippen LogP contribution < -0.4 is 10.6 Å². The van der Waals surface area contributed by atoms with Gasteiger partial charge < -0.3 is 9.41 Å². The number of rotatable bonds is 4. The van der Waals surface area contributed by atoms with Crippen LogP contribution in [0, 0.1) is 0 Å². The van der Waals surface area contributed by atoms with Crippen molar-refractivity contribution in [3.63, 3.8) is 0 Å². The topological polar surface area (TPSA) is 61.6 Å². The molecule has 0 saturated carbocycles. The maximum atomic E-state index is 10.2. The Kier molecular flexibility index (Phi) is 3.31. The van der Waals surface area contributed by atoms with Crippen LogP contribution in [0.3, 0.4) is 0 Å². The van der Waals surface area contributed by atoms with Crippen LogP contribution in [0.2, 0.25) is 0 Å². The molecule has 0 bridgehead atoms. The molecule has 0 unspecified atom stereocenters. The van der Waals surface area contributed by atoms with Crippen LogP contribution in [-0.2, 0) is 4.76 Å². The molecule has 0 aliphatic heterocycles. The van der Waals surface area contributed by atoms with E-state index in [1.165, 1.54) is 0 Å². The smallest absolute Gasteiger partial charge is 0.523 e. The molecule has 1 aromatic carbocycles. The zero-order valence-corrected chi connectivity index (χ0v) is 6.40. The molecule has 2 N–H and O–H groups in total. The SMILES string of the molecule is NOBOc1ccc(C=O)cc1. The van der Waals surface area contributed by atoms with Crippen LogP contribution in [0.5, 0.6) is 5.75 Å². The number of hydrogen-bond donors (Lipinski definition) is 1. The van der Waals surface area contributed by atoms with Crippen molar-refractivity contribution in [2.45, 2.75) is 0 Å². The Bertz CT molecular complexity index is 249. The molecule has 0 atom stereocenters. The first-order chi connectivity index (χ1) is 5.86. The molecule has 0 aliphatic rings. The number of carbonyl (C=O) groups excluding carboxylic acids is 1. The monoisotopic (exact) mass is 165 g/mol. The molecular formula is C7H8BNO3. The minimum absolute atomic E-state index is 0.000432. The van der Waals surface area contributed by atoms with Crippen molar-refractivity contribution in [3.05, 3.63) is 29.8 Å². The number of hydrogen-bond acceptors (Lipinski definition) is 4. The number of benzene rings is 1. The van der Waals surface area contributed by atoms with E-state index < -0.39 is 0 Å². The largest absolute Gasteiger partial charge is 0.538 e. The first kappa shape index (κ1) is 8.77. The normalized spacial score (nSPS) is 9.08. The number of aldehydes is 1. The fourth-order valence-electron chi connectivity index (χ4n) is 0.745. The van der Waals surface area contributed by atoms with Crippen molar-refractivity contribution in [1.29, 1.82) is 0 Å². The Labute approximate surface area is 70.5 Å². The van der Waals surface area contributed by atoms with E-state index in [1.807, 2.05) is 0 Å². The number of nitrogens with two attached hydrogens (primary N) is 1. The lowest BCUT2D eigenvalue weighted by atomic mass is 10.2. The van der Waals surface area contributed by atoms with Crippen LogP contribution in [0.1, 0.15) is 10.4 Å². The molecule has 0 heterocycles. The Balaban J connectivity index is 2.58. The van der Waals surface area contributed by atoms with E-state index in [0.717, 1.165) is 6.29 Å². The quantitative estimate of drug-likeness (QED) is 0.388. The summed E-state index contributed by atoms with van der Waals surface area (Å²) in [7, 11) is 0.000432. The molecule has 1 aromatic rings. The summed E-state index contributed by atoms with van der Waals surface area (Å²) in [4.78, 5) is 10.2. The zero-order valence-electron chi connectivity index (χ0n) is 6.40. The minimum atomic E-state index is 0.000432. The molecule has 0 amide bonds. The van der Waals surface area contributed by atoms with Gasteiger partial charge in [-0.3, -0.25) is 4.79 Å². The lowest BCUT2D eigenvalue weighted by molar-refractivity contribution is 0.112. The first-order valence-electron chi connectivity index (χ1n) is 3.36. The molecule has 12 heavy (non-hydrogen) atoms.